The summed E-state index contributed by atoms with van der Waals surface area (Å²) in [6, 6.07) is 9.93. The molecule has 8 nitrogen and oxygen atoms in total. The summed E-state index contributed by atoms with van der Waals surface area (Å²) < 4.78 is 10.4. The number of aromatic nitrogens is 2. The minimum absolute atomic E-state index is 0.136. The van der Waals surface area contributed by atoms with Gasteiger partial charge in [-0.3, -0.25) is 9.59 Å². The molecule has 2 amide bonds. The number of hydrogen-bond donors (Lipinski definition) is 2. The first-order valence-corrected chi connectivity index (χ1v) is 10.6. The summed E-state index contributed by atoms with van der Waals surface area (Å²) >= 11 is 13.2. The number of hydrogen-bond acceptors (Lipinski definition) is 7. The minimum Gasteiger partial charge on any atom is -0.495 e. The van der Waals surface area contributed by atoms with Crippen LogP contribution in [0, 0.1) is 0 Å². The highest BCUT2D eigenvalue weighted by Crippen LogP contribution is 2.36. The number of carbonyl (C=O) groups is 2. The average molecular weight is 481 g/mol. The van der Waals surface area contributed by atoms with Crippen LogP contribution >= 0.6 is 34.5 Å². The van der Waals surface area contributed by atoms with Gasteiger partial charge in [0.1, 0.15) is 16.5 Å². The molecule has 0 unspecified atom stereocenters. The highest BCUT2D eigenvalue weighted by molar-refractivity contribution is 7.13. The Labute approximate surface area is 192 Å². The normalized spacial score (nSPS) is 10.5. The first-order valence-electron chi connectivity index (χ1n) is 9.00. The van der Waals surface area contributed by atoms with E-state index in [-0.39, 0.29) is 17.3 Å². The van der Waals surface area contributed by atoms with Crippen molar-refractivity contribution in [1.82, 2.24) is 10.2 Å². The molecule has 2 N–H and O–H groups in total. The lowest BCUT2D eigenvalue weighted by Crippen LogP contribution is -2.13. The summed E-state index contributed by atoms with van der Waals surface area (Å²) in [5.74, 6) is 0.201. The van der Waals surface area contributed by atoms with Gasteiger partial charge < -0.3 is 20.1 Å². The Balaban J connectivity index is 1.57. The van der Waals surface area contributed by atoms with E-state index in [0.717, 1.165) is 11.3 Å². The molecule has 0 saturated heterocycles. The third-order valence-electron chi connectivity index (χ3n) is 4.06. The molecule has 3 aromatic rings. The van der Waals surface area contributed by atoms with E-state index in [4.69, 9.17) is 32.7 Å². The molecular weight excluding hydrogens is 463 g/mol. The summed E-state index contributed by atoms with van der Waals surface area (Å²) in [6.07, 6.45) is 0.456. The Kier molecular flexibility index (Phi) is 7.67. The SMILES string of the molecule is COc1cc(OC)c(NC(=O)CCc2nnc(C(=O)Nc3cccc(Cl)c3)s2)cc1Cl. The van der Waals surface area contributed by atoms with Gasteiger partial charge in [-0.25, -0.2) is 0 Å². The second-order valence-corrected chi connectivity index (χ2v) is 8.11. The second-order valence-electron chi connectivity index (χ2n) is 6.20. The number of nitrogens with one attached hydrogen (secondary N) is 2. The predicted molar refractivity (Wildman–Crippen MR) is 121 cm³/mol. The number of rotatable bonds is 8. The molecule has 11 heteroatoms. The van der Waals surface area contributed by atoms with Crippen LogP contribution in [0.2, 0.25) is 10.0 Å². The monoisotopic (exact) mass is 480 g/mol. The third kappa shape index (κ3) is 6.06. The Morgan fingerprint density at radius 3 is 2.52 bits per heavy atom. The molecular formula is C20H18Cl2N4O4S. The van der Waals surface area contributed by atoms with Gasteiger partial charge in [-0.15, -0.1) is 10.2 Å². The smallest absolute Gasteiger partial charge is 0.286 e. The van der Waals surface area contributed by atoms with Crippen LogP contribution in [0.15, 0.2) is 36.4 Å². The zero-order valence-electron chi connectivity index (χ0n) is 16.6. The van der Waals surface area contributed by atoms with Gasteiger partial charge >= 0.3 is 0 Å². The first-order chi connectivity index (χ1) is 14.9. The van der Waals surface area contributed by atoms with Gasteiger partial charge in [-0.2, -0.15) is 0 Å². The molecule has 0 aliphatic carbocycles. The number of carbonyl (C=O) groups excluding carboxylic acids is 2. The molecule has 0 aliphatic heterocycles. The Bertz CT molecular complexity index is 1110. The van der Waals surface area contributed by atoms with Crippen LogP contribution in [0.3, 0.4) is 0 Å². The van der Waals surface area contributed by atoms with Crippen LogP contribution in [-0.4, -0.2) is 36.2 Å². The van der Waals surface area contributed by atoms with E-state index < -0.39 is 5.91 Å². The number of ether oxygens (including phenoxy) is 2. The predicted octanol–water partition coefficient (Wildman–Crippen LogP) is 4.69. The first kappa shape index (κ1) is 22.8. The zero-order valence-corrected chi connectivity index (χ0v) is 18.9. The van der Waals surface area contributed by atoms with E-state index in [1.807, 2.05) is 0 Å². The van der Waals surface area contributed by atoms with Crippen molar-refractivity contribution >= 4 is 57.7 Å². The van der Waals surface area contributed by atoms with Gasteiger partial charge in [0.2, 0.25) is 10.9 Å². The molecule has 0 aliphatic rings. The summed E-state index contributed by atoms with van der Waals surface area (Å²) in [4.78, 5) is 24.7. The van der Waals surface area contributed by atoms with Gasteiger partial charge in [-0.1, -0.05) is 40.6 Å². The standard InChI is InChI=1S/C20H18Cl2N4O4S/c1-29-15-10-16(30-2)14(9-13(15)22)24-17(27)6-7-18-25-26-20(31-18)19(28)23-12-5-3-4-11(21)8-12/h3-5,8-10H,6-7H2,1-2H3,(H,23,28)(H,24,27). The fourth-order valence-corrected chi connectivity index (χ4v) is 3.75. The van der Waals surface area contributed by atoms with Gasteiger partial charge in [0.05, 0.1) is 24.9 Å². The number of halogens is 2. The maximum atomic E-state index is 12.4. The molecule has 0 atom stereocenters. The lowest BCUT2D eigenvalue weighted by atomic mass is 10.2. The molecule has 31 heavy (non-hydrogen) atoms. The number of nitrogens with zero attached hydrogens (tertiary/aromatic N) is 2. The highest BCUT2D eigenvalue weighted by atomic mass is 35.5. The largest absolute Gasteiger partial charge is 0.495 e. The van der Waals surface area contributed by atoms with Crippen LogP contribution in [0.25, 0.3) is 0 Å². The van der Waals surface area contributed by atoms with Crippen molar-refractivity contribution in [2.45, 2.75) is 12.8 Å². The quantitative estimate of drug-likeness (QED) is 0.484. The molecule has 2 aromatic carbocycles. The second kappa shape index (κ2) is 10.4. The van der Waals surface area contributed by atoms with Crippen LogP contribution in [-0.2, 0) is 11.2 Å². The summed E-state index contributed by atoms with van der Waals surface area (Å²) in [6.45, 7) is 0. The van der Waals surface area contributed by atoms with Crippen LogP contribution in [0.1, 0.15) is 21.2 Å². The van der Waals surface area contributed by atoms with Crippen molar-refractivity contribution in [3.05, 3.63) is 56.5 Å². The molecule has 162 valence electrons. The Morgan fingerprint density at radius 1 is 1.03 bits per heavy atom. The number of methoxy groups -OCH3 is 2. The van der Waals surface area contributed by atoms with E-state index in [1.165, 1.54) is 14.2 Å². The van der Waals surface area contributed by atoms with Crippen LogP contribution in [0.4, 0.5) is 11.4 Å². The lowest BCUT2D eigenvalue weighted by Gasteiger charge is -2.12. The molecule has 1 heterocycles. The number of anilines is 2. The number of benzene rings is 2. The van der Waals surface area contributed by atoms with Gasteiger partial charge in [0.25, 0.3) is 5.91 Å². The number of amides is 2. The summed E-state index contributed by atoms with van der Waals surface area (Å²) in [7, 11) is 2.97. The Morgan fingerprint density at radius 2 is 1.81 bits per heavy atom. The molecule has 0 spiro atoms. The van der Waals surface area contributed by atoms with E-state index in [0.29, 0.717) is 44.3 Å². The molecule has 0 fully saturated rings. The minimum atomic E-state index is -0.395. The Hall–Kier alpha value is -2.88. The fraction of sp³-hybridized carbons (Fsp3) is 0.200. The van der Waals surface area contributed by atoms with Gasteiger partial charge in [0.15, 0.2) is 0 Å². The molecule has 3 rings (SSSR count). The maximum absolute atomic E-state index is 12.4. The fourth-order valence-electron chi connectivity index (χ4n) is 2.59. The van der Waals surface area contributed by atoms with Crippen LogP contribution < -0.4 is 20.1 Å². The van der Waals surface area contributed by atoms with E-state index in [9.17, 15) is 9.59 Å². The molecule has 0 bridgehead atoms. The molecule has 0 radical (unpaired) electrons. The zero-order chi connectivity index (χ0) is 22.4. The molecule has 1 aromatic heterocycles. The van der Waals surface area contributed by atoms with Gasteiger partial charge in [0, 0.05) is 29.6 Å². The summed E-state index contributed by atoms with van der Waals surface area (Å²) in [5.41, 5.74) is 0.984. The number of aryl methyl sites for hydroxylation is 1. The summed E-state index contributed by atoms with van der Waals surface area (Å²) in [5, 5.41) is 14.9. The van der Waals surface area contributed by atoms with E-state index in [2.05, 4.69) is 20.8 Å². The topological polar surface area (TPSA) is 102 Å². The lowest BCUT2D eigenvalue weighted by molar-refractivity contribution is -0.116. The molecule has 0 saturated carbocycles. The average Bonchev–Trinajstić information content (AvgIpc) is 3.22. The van der Waals surface area contributed by atoms with Crippen molar-refractivity contribution in [3.63, 3.8) is 0 Å². The van der Waals surface area contributed by atoms with Crippen molar-refractivity contribution in [1.29, 1.82) is 0 Å². The van der Waals surface area contributed by atoms with Gasteiger partial charge in [-0.05, 0) is 24.3 Å². The van der Waals surface area contributed by atoms with Crippen molar-refractivity contribution in [3.8, 4) is 11.5 Å². The third-order valence-corrected chi connectivity index (χ3v) is 5.57. The van der Waals surface area contributed by atoms with E-state index in [1.54, 1.807) is 36.4 Å². The highest BCUT2D eigenvalue weighted by Gasteiger charge is 2.16. The maximum Gasteiger partial charge on any atom is 0.286 e. The van der Waals surface area contributed by atoms with E-state index >= 15 is 0 Å². The van der Waals surface area contributed by atoms with Crippen molar-refractivity contribution < 1.29 is 19.1 Å². The van der Waals surface area contributed by atoms with Crippen molar-refractivity contribution in [2.75, 3.05) is 24.9 Å². The van der Waals surface area contributed by atoms with Crippen LogP contribution in [0.5, 0.6) is 11.5 Å². The van der Waals surface area contributed by atoms with Crippen molar-refractivity contribution in [2.24, 2.45) is 0 Å².